The highest BCUT2D eigenvalue weighted by molar-refractivity contribution is 5.80. The minimum atomic E-state index is 0.886. The van der Waals surface area contributed by atoms with Gasteiger partial charge in [0.25, 0.3) is 0 Å². The third kappa shape index (κ3) is 1.83. The maximum Gasteiger partial charge on any atom is 0.137 e. The van der Waals surface area contributed by atoms with Crippen LogP contribution in [0.3, 0.4) is 0 Å². The van der Waals surface area contributed by atoms with Crippen molar-refractivity contribution in [2.45, 2.75) is 0 Å². The van der Waals surface area contributed by atoms with Crippen LogP contribution in [0.1, 0.15) is 0 Å². The maximum atomic E-state index is 4.30. The fourth-order valence-electron chi connectivity index (χ4n) is 1.89. The Labute approximate surface area is 99.2 Å². The van der Waals surface area contributed by atoms with Crippen LogP contribution < -0.4 is 0 Å². The molecule has 0 saturated carbocycles. The molecule has 3 rings (SSSR count). The van der Waals surface area contributed by atoms with Crippen molar-refractivity contribution in [2.24, 2.45) is 0 Å². The zero-order valence-corrected chi connectivity index (χ0v) is 9.17. The van der Waals surface area contributed by atoms with Crippen molar-refractivity contribution < 1.29 is 0 Å². The lowest BCUT2D eigenvalue weighted by atomic mass is 10.0. The second-order valence-electron chi connectivity index (χ2n) is 3.72. The van der Waals surface area contributed by atoms with Crippen molar-refractivity contribution in [1.29, 1.82) is 0 Å². The van der Waals surface area contributed by atoms with Crippen LogP contribution in [-0.2, 0) is 0 Å². The van der Waals surface area contributed by atoms with Crippen LogP contribution in [0.15, 0.2) is 61.2 Å². The minimum Gasteiger partial charge on any atom is -0.345 e. The molecule has 0 atom stereocenters. The number of hydrogen-bond acceptors (Lipinski definition) is 2. The zero-order valence-electron chi connectivity index (χ0n) is 9.17. The molecule has 0 unspecified atom stereocenters. The van der Waals surface area contributed by atoms with E-state index in [0.717, 1.165) is 22.5 Å². The van der Waals surface area contributed by atoms with Gasteiger partial charge < -0.3 is 4.98 Å². The van der Waals surface area contributed by atoms with Gasteiger partial charge in [-0.15, -0.1) is 0 Å². The van der Waals surface area contributed by atoms with E-state index in [1.807, 2.05) is 30.5 Å². The normalized spacial score (nSPS) is 10.4. The van der Waals surface area contributed by atoms with E-state index in [1.165, 1.54) is 0 Å². The molecule has 3 nitrogen and oxygen atoms in total. The third-order valence-electron chi connectivity index (χ3n) is 2.67. The summed E-state index contributed by atoms with van der Waals surface area (Å²) < 4.78 is 0. The van der Waals surface area contributed by atoms with Gasteiger partial charge in [0.05, 0.1) is 0 Å². The van der Waals surface area contributed by atoms with Gasteiger partial charge in [0.2, 0.25) is 0 Å². The number of H-pyrrole nitrogens is 1. The first kappa shape index (κ1) is 9.78. The molecule has 0 bridgehead atoms. The fourth-order valence-corrected chi connectivity index (χ4v) is 1.89. The Morgan fingerprint density at radius 2 is 1.59 bits per heavy atom. The quantitative estimate of drug-likeness (QED) is 0.722. The van der Waals surface area contributed by atoms with Gasteiger partial charge in [-0.3, -0.25) is 4.98 Å². The fraction of sp³-hybridized carbons (Fsp3) is 0. The number of rotatable bonds is 2. The average Bonchev–Trinajstić information content (AvgIpc) is 2.94. The molecule has 82 valence electrons. The Hall–Kier alpha value is -2.42. The van der Waals surface area contributed by atoms with Crippen LogP contribution in [-0.4, -0.2) is 15.0 Å². The summed E-state index contributed by atoms with van der Waals surface area (Å²) in [6, 6.07) is 12.2. The van der Waals surface area contributed by atoms with E-state index in [0.29, 0.717) is 0 Å². The van der Waals surface area contributed by atoms with E-state index < -0.39 is 0 Å². The molecule has 2 aromatic heterocycles. The van der Waals surface area contributed by atoms with E-state index in [2.05, 4.69) is 27.1 Å². The molecule has 1 N–H and O–H groups in total. The highest BCUT2D eigenvalue weighted by Crippen LogP contribution is 2.29. The van der Waals surface area contributed by atoms with Crippen LogP contribution in [0.5, 0.6) is 0 Å². The number of aromatic amines is 1. The Kier molecular flexibility index (Phi) is 2.43. The van der Waals surface area contributed by atoms with Gasteiger partial charge in [0, 0.05) is 30.4 Å². The molecule has 2 heterocycles. The van der Waals surface area contributed by atoms with Gasteiger partial charge in [0.15, 0.2) is 0 Å². The van der Waals surface area contributed by atoms with Gasteiger partial charge in [0.1, 0.15) is 5.82 Å². The lowest BCUT2D eigenvalue weighted by Gasteiger charge is -2.06. The standard InChI is InChI=1S/C14H11N3/c1-2-4-13(14-16-9-10-17-14)12(3-1)11-5-7-15-8-6-11/h1-10H,(H,16,17). The number of hydrogen-bond donors (Lipinski definition) is 1. The Morgan fingerprint density at radius 3 is 2.29 bits per heavy atom. The lowest BCUT2D eigenvalue weighted by Crippen LogP contribution is -1.86. The van der Waals surface area contributed by atoms with E-state index in [1.54, 1.807) is 18.6 Å². The van der Waals surface area contributed by atoms with Crippen molar-refractivity contribution >= 4 is 0 Å². The number of nitrogens with one attached hydrogen (secondary N) is 1. The first-order valence-electron chi connectivity index (χ1n) is 5.44. The largest absolute Gasteiger partial charge is 0.345 e. The van der Waals surface area contributed by atoms with E-state index in [4.69, 9.17) is 0 Å². The molecule has 0 aliphatic heterocycles. The molecule has 0 fully saturated rings. The zero-order chi connectivity index (χ0) is 11.5. The summed E-state index contributed by atoms with van der Waals surface area (Å²) in [6.07, 6.45) is 7.19. The summed E-state index contributed by atoms with van der Waals surface area (Å²) in [4.78, 5) is 11.5. The highest BCUT2D eigenvalue weighted by Gasteiger charge is 2.07. The van der Waals surface area contributed by atoms with Crippen LogP contribution >= 0.6 is 0 Å². The summed E-state index contributed by atoms with van der Waals surface area (Å²) in [5.41, 5.74) is 3.40. The first-order valence-corrected chi connectivity index (χ1v) is 5.44. The number of benzene rings is 1. The van der Waals surface area contributed by atoms with Crippen molar-refractivity contribution in [3.05, 3.63) is 61.2 Å². The lowest BCUT2D eigenvalue weighted by molar-refractivity contribution is 1.30. The van der Waals surface area contributed by atoms with Crippen molar-refractivity contribution in [3.8, 4) is 22.5 Å². The topological polar surface area (TPSA) is 41.6 Å². The number of aromatic nitrogens is 3. The van der Waals surface area contributed by atoms with Gasteiger partial charge in [-0.05, 0) is 23.3 Å². The van der Waals surface area contributed by atoms with Crippen molar-refractivity contribution in [3.63, 3.8) is 0 Å². The minimum absolute atomic E-state index is 0.886. The Balaban J connectivity index is 2.18. The third-order valence-corrected chi connectivity index (χ3v) is 2.67. The highest BCUT2D eigenvalue weighted by atomic mass is 14.9. The van der Waals surface area contributed by atoms with Crippen LogP contribution in [0, 0.1) is 0 Å². The summed E-state index contributed by atoms with van der Waals surface area (Å²) in [6.45, 7) is 0. The van der Waals surface area contributed by atoms with Crippen LogP contribution in [0.2, 0.25) is 0 Å². The first-order chi connectivity index (χ1) is 8.45. The molecular weight excluding hydrogens is 210 g/mol. The van der Waals surface area contributed by atoms with Crippen molar-refractivity contribution in [2.75, 3.05) is 0 Å². The number of nitrogens with zero attached hydrogens (tertiary/aromatic N) is 2. The SMILES string of the molecule is c1ccc(-c2ncc[nH]2)c(-c2ccncc2)c1. The smallest absolute Gasteiger partial charge is 0.137 e. The molecule has 0 amide bonds. The Bertz CT molecular complexity index is 600. The molecule has 0 aliphatic rings. The van der Waals surface area contributed by atoms with E-state index in [9.17, 15) is 0 Å². The molecular formula is C14H11N3. The van der Waals surface area contributed by atoms with E-state index >= 15 is 0 Å². The van der Waals surface area contributed by atoms with Crippen LogP contribution in [0.4, 0.5) is 0 Å². The maximum absolute atomic E-state index is 4.30. The van der Waals surface area contributed by atoms with E-state index in [-0.39, 0.29) is 0 Å². The molecule has 1 aromatic carbocycles. The molecule has 0 radical (unpaired) electrons. The Morgan fingerprint density at radius 1 is 0.824 bits per heavy atom. The molecule has 3 aromatic rings. The van der Waals surface area contributed by atoms with Crippen molar-refractivity contribution in [1.82, 2.24) is 15.0 Å². The molecule has 0 aliphatic carbocycles. The molecule has 17 heavy (non-hydrogen) atoms. The monoisotopic (exact) mass is 221 g/mol. The second-order valence-corrected chi connectivity index (χ2v) is 3.72. The number of pyridine rings is 1. The summed E-state index contributed by atoms with van der Waals surface area (Å²) >= 11 is 0. The van der Waals surface area contributed by atoms with Gasteiger partial charge in [-0.1, -0.05) is 24.3 Å². The average molecular weight is 221 g/mol. The summed E-state index contributed by atoms with van der Waals surface area (Å²) in [5.74, 6) is 0.886. The van der Waals surface area contributed by atoms with Gasteiger partial charge in [-0.25, -0.2) is 4.98 Å². The van der Waals surface area contributed by atoms with Gasteiger partial charge >= 0.3 is 0 Å². The predicted octanol–water partition coefficient (Wildman–Crippen LogP) is 3.14. The molecule has 0 spiro atoms. The van der Waals surface area contributed by atoms with Crippen LogP contribution in [0.25, 0.3) is 22.5 Å². The summed E-state index contributed by atoms with van der Waals surface area (Å²) in [5, 5.41) is 0. The van der Waals surface area contributed by atoms with Gasteiger partial charge in [-0.2, -0.15) is 0 Å². The molecule has 0 saturated heterocycles. The second kappa shape index (κ2) is 4.22. The summed E-state index contributed by atoms with van der Waals surface area (Å²) in [7, 11) is 0. The molecule has 3 heteroatoms. The number of imidazole rings is 1. The predicted molar refractivity (Wildman–Crippen MR) is 67.3 cm³/mol.